The van der Waals surface area contributed by atoms with Crippen molar-refractivity contribution in [1.29, 1.82) is 0 Å². The number of nitrogens with zero attached hydrogens (tertiary/aromatic N) is 3. The zero-order valence-corrected chi connectivity index (χ0v) is 15.2. The number of benzene rings is 1. The predicted octanol–water partition coefficient (Wildman–Crippen LogP) is 3.18. The fourth-order valence-corrected chi connectivity index (χ4v) is 3.34. The maximum atomic E-state index is 13.9. The van der Waals surface area contributed by atoms with Gasteiger partial charge in [0.1, 0.15) is 17.3 Å². The van der Waals surface area contributed by atoms with Crippen LogP contribution in [0.15, 0.2) is 42.7 Å². The lowest BCUT2D eigenvalue weighted by molar-refractivity contribution is 0.0938. The van der Waals surface area contributed by atoms with Crippen LogP contribution in [0.2, 0.25) is 0 Å². The van der Waals surface area contributed by atoms with Gasteiger partial charge in [0.15, 0.2) is 0 Å². The van der Waals surface area contributed by atoms with Gasteiger partial charge >= 0.3 is 0 Å². The van der Waals surface area contributed by atoms with Crippen LogP contribution in [0.25, 0.3) is 11.3 Å². The summed E-state index contributed by atoms with van der Waals surface area (Å²) in [6.07, 6.45) is 6.87. The van der Waals surface area contributed by atoms with Gasteiger partial charge in [0.25, 0.3) is 5.91 Å². The first-order chi connectivity index (χ1) is 13.1. The summed E-state index contributed by atoms with van der Waals surface area (Å²) >= 11 is 0. The number of nitrogens with one attached hydrogen (secondary N) is 2. The topological polar surface area (TPSA) is 75.6 Å². The molecule has 0 bridgehead atoms. The van der Waals surface area contributed by atoms with E-state index in [2.05, 4.69) is 32.0 Å². The first-order valence-electron chi connectivity index (χ1n) is 9.19. The number of carbonyl (C=O) groups is 1. The molecule has 3 aromatic rings. The molecule has 0 aliphatic heterocycles. The van der Waals surface area contributed by atoms with Crippen molar-refractivity contribution >= 4 is 5.91 Å². The second-order valence-electron chi connectivity index (χ2n) is 7.15. The second kappa shape index (κ2) is 6.98. The highest BCUT2D eigenvalue weighted by Gasteiger charge is 2.43. The van der Waals surface area contributed by atoms with Gasteiger partial charge in [-0.25, -0.2) is 9.37 Å². The Labute approximate surface area is 156 Å². The Morgan fingerprint density at radius 2 is 2.19 bits per heavy atom. The number of hydrogen-bond acceptors (Lipinski definition) is 3. The summed E-state index contributed by atoms with van der Waals surface area (Å²) in [5.41, 5.74) is 1.22. The molecule has 2 aromatic heterocycles. The minimum atomic E-state index is -0.361. The number of aromatic nitrogens is 4. The SMILES string of the molecule is CCc1nccn1CC1(CNC(=O)c2cc(-c3ccccc3F)n[nH]2)CC1. The lowest BCUT2D eigenvalue weighted by atomic mass is 10.1. The lowest BCUT2D eigenvalue weighted by Crippen LogP contribution is -2.32. The molecule has 0 radical (unpaired) electrons. The van der Waals surface area contributed by atoms with Crippen LogP contribution in [0.3, 0.4) is 0 Å². The summed E-state index contributed by atoms with van der Waals surface area (Å²) in [5, 5.41) is 9.77. The quantitative estimate of drug-likeness (QED) is 0.673. The van der Waals surface area contributed by atoms with Gasteiger partial charge < -0.3 is 9.88 Å². The van der Waals surface area contributed by atoms with Crippen LogP contribution in [-0.2, 0) is 13.0 Å². The highest BCUT2D eigenvalue weighted by molar-refractivity contribution is 5.93. The number of aromatic amines is 1. The zero-order valence-electron chi connectivity index (χ0n) is 15.2. The van der Waals surface area contributed by atoms with Gasteiger partial charge in [-0.1, -0.05) is 19.1 Å². The molecule has 0 spiro atoms. The Morgan fingerprint density at radius 1 is 1.37 bits per heavy atom. The number of halogens is 1. The lowest BCUT2D eigenvalue weighted by Gasteiger charge is -2.17. The first kappa shape index (κ1) is 17.5. The van der Waals surface area contributed by atoms with E-state index in [1.807, 2.05) is 12.4 Å². The van der Waals surface area contributed by atoms with E-state index in [9.17, 15) is 9.18 Å². The summed E-state index contributed by atoms with van der Waals surface area (Å²) in [7, 11) is 0. The summed E-state index contributed by atoms with van der Waals surface area (Å²) in [4.78, 5) is 16.8. The van der Waals surface area contributed by atoms with E-state index in [-0.39, 0.29) is 17.1 Å². The fourth-order valence-electron chi connectivity index (χ4n) is 3.34. The molecule has 0 saturated heterocycles. The second-order valence-corrected chi connectivity index (χ2v) is 7.15. The van der Waals surface area contributed by atoms with Gasteiger partial charge in [0.2, 0.25) is 0 Å². The van der Waals surface area contributed by atoms with Crippen molar-refractivity contribution in [2.24, 2.45) is 5.41 Å². The normalized spacial score (nSPS) is 14.9. The Balaban J connectivity index is 1.39. The molecule has 0 atom stereocenters. The largest absolute Gasteiger partial charge is 0.350 e. The number of rotatable bonds is 7. The Kier molecular flexibility index (Phi) is 4.51. The van der Waals surface area contributed by atoms with Gasteiger partial charge in [0, 0.05) is 42.9 Å². The smallest absolute Gasteiger partial charge is 0.269 e. The molecule has 4 rings (SSSR count). The summed E-state index contributed by atoms with van der Waals surface area (Å²) in [5.74, 6) is 0.480. The van der Waals surface area contributed by atoms with E-state index >= 15 is 0 Å². The summed E-state index contributed by atoms with van der Waals surface area (Å²) in [6.45, 7) is 3.55. The van der Waals surface area contributed by atoms with Crippen LogP contribution in [0, 0.1) is 11.2 Å². The number of aryl methyl sites for hydroxylation is 1. The molecule has 2 heterocycles. The maximum Gasteiger partial charge on any atom is 0.269 e. The van der Waals surface area contributed by atoms with Gasteiger partial charge in [-0.15, -0.1) is 0 Å². The van der Waals surface area contributed by atoms with E-state index in [0.717, 1.165) is 31.6 Å². The molecule has 1 fully saturated rings. The van der Waals surface area contributed by atoms with Gasteiger partial charge in [-0.05, 0) is 31.0 Å². The van der Waals surface area contributed by atoms with Gasteiger partial charge in [-0.2, -0.15) is 5.10 Å². The Hall–Kier alpha value is -2.96. The third-order valence-electron chi connectivity index (χ3n) is 5.18. The molecule has 1 aromatic carbocycles. The molecule has 1 aliphatic rings. The van der Waals surface area contributed by atoms with Crippen molar-refractivity contribution in [1.82, 2.24) is 25.1 Å². The van der Waals surface area contributed by atoms with Crippen molar-refractivity contribution in [3.63, 3.8) is 0 Å². The molecule has 1 saturated carbocycles. The first-order valence-corrected chi connectivity index (χ1v) is 9.19. The number of H-pyrrole nitrogens is 1. The molecule has 0 unspecified atom stereocenters. The third kappa shape index (κ3) is 3.63. The minimum absolute atomic E-state index is 0.0919. The van der Waals surface area contributed by atoms with Crippen molar-refractivity contribution in [3.05, 3.63) is 60.1 Å². The molecule has 140 valence electrons. The molecule has 27 heavy (non-hydrogen) atoms. The number of carbonyl (C=O) groups excluding carboxylic acids is 1. The van der Waals surface area contributed by atoms with Gasteiger partial charge in [0.05, 0.1) is 5.69 Å². The molecule has 2 N–H and O–H groups in total. The maximum absolute atomic E-state index is 13.9. The number of hydrogen-bond donors (Lipinski definition) is 2. The summed E-state index contributed by atoms with van der Waals surface area (Å²) < 4.78 is 16.1. The van der Waals surface area contributed by atoms with Crippen molar-refractivity contribution < 1.29 is 9.18 Å². The monoisotopic (exact) mass is 367 g/mol. The van der Waals surface area contributed by atoms with Gasteiger partial charge in [-0.3, -0.25) is 9.89 Å². The van der Waals surface area contributed by atoms with Crippen LogP contribution < -0.4 is 5.32 Å². The van der Waals surface area contributed by atoms with Crippen LogP contribution in [0.5, 0.6) is 0 Å². The Morgan fingerprint density at radius 3 is 2.93 bits per heavy atom. The van der Waals surface area contributed by atoms with E-state index in [1.54, 1.807) is 24.3 Å². The highest BCUT2D eigenvalue weighted by Crippen LogP contribution is 2.46. The average molecular weight is 367 g/mol. The van der Waals surface area contributed by atoms with Crippen LogP contribution in [0.4, 0.5) is 4.39 Å². The van der Waals surface area contributed by atoms with Crippen molar-refractivity contribution in [2.45, 2.75) is 32.7 Å². The summed E-state index contributed by atoms with van der Waals surface area (Å²) in [6, 6.07) is 7.96. The van der Waals surface area contributed by atoms with Crippen LogP contribution in [0.1, 0.15) is 36.1 Å². The van der Waals surface area contributed by atoms with Crippen molar-refractivity contribution in [3.8, 4) is 11.3 Å². The van der Waals surface area contributed by atoms with E-state index in [4.69, 9.17) is 0 Å². The average Bonchev–Trinajstić information content (AvgIpc) is 3.07. The van der Waals surface area contributed by atoms with Crippen molar-refractivity contribution in [2.75, 3.05) is 6.54 Å². The van der Waals surface area contributed by atoms with Crippen LogP contribution in [-0.4, -0.2) is 32.2 Å². The molecule has 6 nitrogen and oxygen atoms in total. The fraction of sp³-hybridized carbons (Fsp3) is 0.350. The third-order valence-corrected chi connectivity index (χ3v) is 5.18. The van der Waals surface area contributed by atoms with Crippen LogP contribution >= 0.6 is 0 Å². The number of amides is 1. The highest BCUT2D eigenvalue weighted by atomic mass is 19.1. The zero-order chi connectivity index (χ0) is 18.9. The minimum Gasteiger partial charge on any atom is -0.350 e. The predicted molar refractivity (Wildman–Crippen MR) is 99.6 cm³/mol. The molecular formula is C20H22FN5O. The van der Waals surface area contributed by atoms with E-state index < -0.39 is 0 Å². The van der Waals surface area contributed by atoms with E-state index in [1.165, 1.54) is 6.07 Å². The number of imidazole rings is 1. The molecule has 1 amide bonds. The molecular weight excluding hydrogens is 345 g/mol. The standard InChI is InChI=1S/C20H22FN5O/c1-2-18-22-9-10-26(18)13-20(7-8-20)12-23-19(27)17-11-16(24-25-17)14-5-3-4-6-15(14)21/h3-6,9-11H,2,7-8,12-13H2,1H3,(H,23,27)(H,24,25). The van der Waals surface area contributed by atoms with E-state index in [0.29, 0.717) is 23.5 Å². The molecule has 7 heteroatoms. The molecule has 1 aliphatic carbocycles. The Bertz CT molecular complexity index is 957.